The summed E-state index contributed by atoms with van der Waals surface area (Å²) >= 11 is 0. The third-order valence-electron chi connectivity index (χ3n) is 4.17. The molecule has 0 aromatic rings. The summed E-state index contributed by atoms with van der Waals surface area (Å²) < 4.78 is 0. The van der Waals surface area contributed by atoms with Gasteiger partial charge in [0.1, 0.15) is 0 Å². The molecular weight excluding hydrogens is 198 g/mol. The van der Waals surface area contributed by atoms with E-state index in [2.05, 4.69) is 35.6 Å². The van der Waals surface area contributed by atoms with Crippen LogP contribution in [0.4, 0.5) is 0 Å². The van der Waals surface area contributed by atoms with Crippen LogP contribution in [0.25, 0.3) is 0 Å². The normalized spacial score (nSPS) is 26.2. The number of piperazine rings is 1. The first-order chi connectivity index (χ1) is 7.65. The van der Waals surface area contributed by atoms with Crippen molar-refractivity contribution in [1.82, 2.24) is 14.7 Å². The third kappa shape index (κ3) is 3.19. The SMILES string of the molecule is CC(C)N1CC(CCN2CCN(C)CC2)C1. The van der Waals surface area contributed by atoms with Gasteiger partial charge in [-0.25, -0.2) is 0 Å². The van der Waals surface area contributed by atoms with Crippen molar-refractivity contribution in [3.63, 3.8) is 0 Å². The molecule has 16 heavy (non-hydrogen) atoms. The molecule has 2 rings (SSSR count). The number of nitrogens with zero attached hydrogens (tertiary/aromatic N) is 3. The molecule has 2 saturated heterocycles. The fourth-order valence-electron chi connectivity index (χ4n) is 2.65. The van der Waals surface area contributed by atoms with Crippen molar-refractivity contribution >= 4 is 0 Å². The van der Waals surface area contributed by atoms with E-state index in [1.807, 2.05) is 0 Å². The summed E-state index contributed by atoms with van der Waals surface area (Å²) in [6, 6.07) is 0.750. The zero-order valence-corrected chi connectivity index (χ0v) is 11.2. The van der Waals surface area contributed by atoms with E-state index >= 15 is 0 Å². The molecule has 0 aromatic heterocycles. The Bertz CT molecular complexity index is 203. The monoisotopic (exact) mass is 225 g/mol. The fraction of sp³-hybridized carbons (Fsp3) is 1.00. The molecule has 0 unspecified atom stereocenters. The molecule has 2 heterocycles. The van der Waals surface area contributed by atoms with E-state index in [0.29, 0.717) is 0 Å². The molecular formula is C13H27N3. The Balaban J connectivity index is 1.56. The first kappa shape index (κ1) is 12.3. The summed E-state index contributed by atoms with van der Waals surface area (Å²) in [5.74, 6) is 0.974. The van der Waals surface area contributed by atoms with Gasteiger partial charge in [-0.05, 0) is 39.8 Å². The Morgan fingerprint density at radius 2 is 1.69 bits per heavy atom. The Labute approximate surface area is 100 Å². The highest BCUT2D eigenvalue weighted by Gasteiger charge is 2.28. The van der Waals surface area contributed by atoms with Crippen LogP contribution in [-0.2, 0) is 0 Å². The van der Waals surface area contributed by atoms with Crippen molar-refractivity contribution < 1.29 is 0 Å². The van der Waals surface area contributed by atoms with Crippen LogP contribution in [0.2, 0.25) is 0 Å². The average molecular weight is 225 g/mol. The molecule has 0 aliphatic carbocycles. The molecule has 2 fully saturated rings. The fourth-order valence-corrected chi connectivity index (χ4v) is 2.65. The Morgan fingerprint density at radius 1 is 1.06 bits per heavy atom. The van der Waals surface area contributed by atoms with Gasteiger partial charge in [0.15, 0.2) is 0 Å². The molecule has 0 saturated carbocycles. The van der Waals surface area contributed by atoms with Gasteiger partial charge < -0.3 is 14.7 Å². The van der Waals surface area contributed by atoms with Gasteiger partial charge in [0.05, 0.1) is 0 Å². The van der Waals surface area contributed by atoms with Crippen molar-refractivity contribution in [3.8, 4) is 0 Å². The molecule has 94 valence electrons. The summed E-state index contributed by atoms with van der Waals surface area (Å²) in [6.07, 6.45) is 1.41. The lowest BCUT2D eigenvalue weighted by molar-refractivity contribution is 0.0508. The van der Waals surface area contributed by atoms with E-state index < -0.39 is 0 Å². The van der Waals surface area contributed by atoms with Gasteiger partial charge >= 0.3 is 0 Å². The van der Waals surface area contributed by atoms with Gasteiger partial charge in [-0.3, -0.25) is 0 Å². The van der Waals surface area contributed by atoms with Crippen molar-refractivity contribution in [2.45, 2.75) is 26.3 Å². The third-order valence-corrected chi connectivity index (χ3v) is 4.17. The Kier molecular flexibility index (Phi) is 4.22. The van der Waals surface area contributed by atoms with Crippen LogP contribution in [-0.4, -0.2) is 73.6 Å². The number of hydrogen-bond acceptors (Lipinski definition) is 3. The number of likely N-dealkylation sites (N-methyl/N-ethyl adjacent to an activating group) is 1. The van der Waals surface area contributed by atoms with Crippen LogP contribution < -0.4 is 0 Å². The molecule has 0 N–H and O–H groups in total. The summed E-state index contributed by atoms with van der Waals surface area (Å²) in [7, 11) is 2.23. The number of likely N-dealkylation sites (tertiary alicyclic amines) is 1. The highest BCUT2D eigenvalue weighted by atomic mass is 15.2. The van der Waals surface area contributed by atoms with Crippen molar-refractivity contribution in [1.29, 1.82) is 0 Å². The average Bonchev–Trinajstić information content (AvgIpc) is 2.18. The quantitative estimate of drug-likeness (QED) is 0.706. The van der Waals surface area contributed by atoms with Gasteiger partial charge in [-0.2, -0.15) is 0 Å². The predicted octanol–water partition coefficient (Wildman–Crippen LogP) is 0.964. The van der Waals surface area contributed by atoms with E-state index in [1.165, 1.54) is 52.2 Å². The minimum Gasteiger partial charge on any atom is -0.304 e. The summed E-state index contributed by atoms with van der Waals surface area (Å²) in [5.41, 5.74) is 0. The van der Waals surface area contributed by atoms with Crippen molar-refractivity contribution in [3.05, 3.63) is 0 Å². The van der Waals surface area contributed by atoms with Crippen LogP contribution in [0.1, 0.15) is 20.3 Å². The smallest absolute Gasteiger partial charge is 0.0110 e. The van der Waals surface area contributed by atoms with Crippen molar-refractivity contribution in [2.75, 3.05) is 52.9 Å². The van der Waals surface area contributed by atoms with Gasteiger partial charge in [-0.15, -0.1) is 0 Å². The zero-order valence-electron chi connectivity index (χ0n) is 11.2. The molecule has 0 bridgehead atoms. The second-order valence-electron chi connectivity index (χ2n) is 5.85. The first-order valence-electron chi connectivity index (χ1n) is 6.80. The maximum atomic E-state index is 2.64. The van der Waals surface area contributed by atoms with Crippen LogP contribution >= 0.6 is 0 Å². The van der Waals surface area contributed by atoms with Gasteiger partial charge in [0.25, 0.3) is 0 Å². The Morgan fingerprint density at radius 3 is 2.25 bits per heavy atom. The first-order valence-corrected chi connectivity index (χ1v) is 6.80. The minimum absolute atomic E-state index is 0.750. The van der Waals surface area contributed by atoms with Crippen LogP contribution in [0.15, 0.2) is 0 Å². The van der Waals surface area contributed by atoms with Crippen molar-refractivity contribution in [2.24, 2.45) is 5.92 Å². The molecule has 0 radical (unpaired) electrons. The zero-order chi connectivity index (χ0) is 11.5. The number of rotatable bonds is 4. The maximum Gasteiger partial charge on any atom is 0.0110 e. The summed E-state index contributed by atoms with van der Waals surface area (Å²) in [5, 5.41) is 0. The van der Waals surface area contributed by atoms with Crippen LogP contribution in [0.3, 0.4) is 0 Å². The van der Waals surface area contributed by atoms with E-state index in [9.17, 15) is 0 Å². The second-order valence-corrected chi connectivity index (χ2v) is 5.85. The summed E-state index contributed by atoms with van der Waals surface area (Å²) in [6.45, 7) is 13.7. The topological polar surface area (TPSA) is 9.72 Å². The molecule has 0 atom stereocenters. The molecule has 3 heteroatoms. The minimum atomic E-state index is 0.750. The number of hydrogen-bond donors (Lipinski definition) is 0. The van der Waals surface area contributed by atoms with Crippen LogP contribution in [0, 0.1) is 5.92 Å². The van der Waals surface area contributed by atoms with Crippen LogP contribution in [0.5, 0.6) is 0 Å². The largest absolute Gasteiger partial charge is 0.304 e. The molecule has 3 nitrogen and oxygen atoms in total. The predicted molar refractivity (Wildman–Crippen MR) is 68.8 cm³/mol. The van der Waals surface area contributed by atoms with E-state index in [0.717, 1.165) is 12.0 Å². The standard InChI is InChI=1S/C13H27N3/c1-12(2)16-10-13(11-16)4-5-15-8-6-14(3)7-9-15/h12-13H,4-11H2,1-3H3. The van der Waals surface area contributed by atoms with E-state index in [-0.39, 0.29) is 0 Å². The van der Waals surface area contributed by atoms with E-state index in [1.54, 1.807) is 0 Å². The molecule has 0 amide bonds. The summed E-state index contributed by atoms with van der Waals surface area (Å²) in [4.78, 5) is 7.65. The lowest BCUT2D eigenvalue weighted by atomic mass is 9.94. The van der Waals surface area contributed by atoms with E-state index in [4.69, 9.17) is 0 Å². The Hall–Kier alpha value is -0.120. The highest BCUT2D eigenvalue weighted by molar-refractivity contribution is 4.83. The maximum absolute atomic E-state index is 2.64. The molecule has 0 aromatic carbocycles. The lowest BCUT2D eigenvalue weighted by Gasteiger charge is -2.43. The molecule has 2 aliphatic rings. The molecule has 2 aliphatic heterocycles. The van der Waals surface area contributed by atoms with Gasteiger partial charge in [-0.1, -0.05) is 0 Å². The lowest BCUT2D eigenvalue weighted by Crippen LogP contribution is -2.51. The highest BCUT2D eigenvalue weighted by Crippen LogP contribution is 2.21. The van der Waals surface area contributed by atoms with Gasteiger partial charge in [0.2, 0.25) is 0 Å². The molecule has 0 spiro atoms. The van der Waals surface area contributed by atoms with Gasteiger partial charge in [0, 0.05) is 45.3 Å². The second kappa shape index (κ2) is 5.48.